The maximum absolute atomic E-state index is 12.0. The number of primary amides is 1. The van der Waals surface area contributed by atoms with Crippen molar-refractivity contribution in [2.45, 2.75) is 17.0 Å². The Balaban J connectivity index is 2.12. The summed E-state index contributed by atoms with van der Waals surface area (Å²) >= 11 is 1.55. The van der Waals surface area contributed by atoms with E-state index in [0.717, 1.165) is 10.6 Å². The lowest BCUT2D eigenvalue weighted by Gasteiger charge is -2.30. The van der Waals surface area contributed by atoms with Crippen molar-refractivity contribution in [1.29, 1.82) is 0 Å². The van der Waals surface area contributed by atoms with Gasteiger partial charge in [-0.25, -0.2) is 4.98 Å². The van der Waals surface area contributed by atoms with E-state index < -0.39 is 5.54 Å². The number of hydrogen-bond acceptors (Lipinski definition) is 5. The maximum atomic E-state index is 12.0. The minimum absolute atomic E-state index is 0.379. The van der Waals surface area contributed by atoms with E-state index in [9.17, 15) is 4.79 Å². The molecule has 1 aromatic carbocycles. The fourth-order valence-electron chi connectivity index (χ4n) is 2.19. The van der Waals surface area contributed by atoms with Crippen LogP contribution in [0.2, 0.25) is 0 Å². The number of nitrogens with zero attached hydrogens (tertiary/aromatic N) is 2. The van der Waals surface area contributed by atoms with Crippen LogP contribution in [-0.2, 0) is 10.3 Å². The van der Waals surface area contributed by atoms with E-state index in [1.165, 1.54) is 0 Å². The summed E-state index contributed by atoms with van der Waals surface area (Å²) in [4.78, 5) is 20.2. The molecule has 0 saturated carbocycles. The van der Waals surface area contributed by atoms with Crippen molar-refractivity contribution in [1.82, 2.24) is 15.3 Å². The van der Waals surface area contributed by atoms with Gasteiger partial charge in [-0.1, -0.05) is 30.3 Å². The number of carbonyl (C=O) groups excluding carboxylic acids is 1. The van der Waals surface area contributed by atoms with E-state index in [2.05, 4.69) is 15.3 Å². The number of aromatic nitrogens is 2. The molecule has 1 aromatic heterocycles. The van der Waals surface area contributed by atoms with Crippen LogP contribution in [0.1, 0.15) is 12.0 Å². The maximum Gasteiger partial charge on any atom is 0.242 e. The average molecular weight is 302 g/mol. The van der Waals surface area contributed by atoms with Crippen LogP contribution >= 0.6 is 11.8 Å². The molecule has 21 heavy (non-hydrogen) atoms. The van der Waals surface area contributed by atoms with Crippen LogP contribution in [0.5, 0.6) is 0 Å². The molecule has 0 aliphatic carbocycles. The minimum atomic E-state index is -0.865. The molecule has 1 heterocycles. The smallest absolute Gasteiger partial charge is 0.242 e. The van der Waals surface area contributed by atoms with Crippen molar-refractivity contribution in [2.24, 2.45) is 5.73 Å². The van der Waals surface area contributed by atoms with Crippen LogP contribution in [0, 0.1) is 0 Å². The number of likely N-dealkylation sites (N-methyl/N-ethyl adjacent to an activating group) is 1. The van der Waals surface area contributed by atoms with E-state index in [1.54, 1.807) is 37.4 Å². The SMILES string of the molecule is CNC(CCSc1cnccn1)(C(N)=O)c1ccccc1. The topological polar surface area (TPSA) is 80.9 Å². The van der Waals surface area contributed by atoms with Crippen LogP contribution in [0.3, 0.4) is 0 Å². The van der Waals surface area contributed by atoms with Crippen LogP contribution in [0.15, 0.2) is 53.9 Å². The molecule has 0 aliphatic heterocycles. The zero-order valence-electron chi connectivity index (χ0n) is 11.8. The summed E-state index contributed by atoms with van der Waals surface area (Å²) in [5.41, 5.74) is 5.67. The first-order chi connectivity index (χ1) is 10.2. The third-order valence-corrected chi connectivity index (χ3v) is 4.30. The molecule has 6 heteroatoms. The van der Waals surface area contributed by atoms with E-state index in [0.29, 0.717) is 12.2 Å². The molecule has 0 fully saturated rings. The van der Waals surface area contributed by atoms with Gasteiger partial charge in [0.1, 0.15) is 10.6 Å². The van der Waals surface area contributed by atoms with Gasteiger partial charge in [0.15, 0.2) is 0 Å². The van der Waals surface area contributed by atoms with Crippen molar-refractivity contribution in [3.05, 3.63) is 54.5 Å². The lowest BCUT2D eigenvalue weighted by Crippen LogP contribution is -2.51. The van der Waals surface area contributed by atoms with Crippen LogP contribution < -0.4 is 11.1 Å². The molecule has 0 spiro atoms. The second-order valence-electron chi connectivity index (χ2n) is 4.53. The lowest BCUT2D eigenvalue weighted by molar-refractivity contribution is -0.124. The molecule has 0 radical (unpaired) electrons. The summed E-state index contributed by atoms with van der Waals surface area (Å²) in [5.74, 6) is 0.327. The number of thioether (sulfide) groups is 1. The second-order valence-corrected chi connectivity index (χ2v) is 5.64. The summed E-state index contributed by atoms with van der Waals surface area (Å²) in [7, 11) is 1.75. The van der Waals surface area contributed by atoms with E-state index >= 15 is 0 Å². The van der Waals surface area contributed by atoms with E-state index in [-0.39, 0.29) is 5.91 Å². The van der Waals surface area contributed by atoms with Gasteiger partial charge in [-0.3, -0.25) is 9.78 Å². The van der Waals surface area contributed by atoms with Crippen molar-refractivity contribution in [3.63, 3.8) is 0 Å². The molecule has 5 nitrogen and oxygen atoms in total. The Morgan fingerprint density at radius 1 is 1.33 bits per heavy atom. The number of rotatable bonds is 7. The van der Waals surface area contributed by atoms with E-state index in [1.807, 2.05) is 30.3 Å². The fourth-order valence-corrected chi connectivity index (χ4v) is 3.08. The standard InChI is InChI=1S/C15H18N4OS/c1-17-15(14(16)20,12-5-3-2-4-6-12)7-10-21-13-11-18-8-9-19-13/h2-6,8-9,11,17H,7,10H2,1H3,(H2,16,20). The summed E-state index contributed by atoms with van der Waals surface area (Å²) in [6, 6.07) is 9.54. The van der Waals surface area contributed by atoms with Gasteiger partial charge in [0.2, 0.25) is 5.91 Å². The predicted molar refractivity (Wildman–Crippen MR) is 83.7 cm³/mol. The number of nitrogens with one attached hydrogen (secondary N) is 1. The zero-order valence-corrected chi connectivity index (χ0v) is 12.6. The Morgan fingerprint density at radius 2 is 2.10 bits per heavy atom. The third-order valence-electron chi connectivity index (χ3n) is 3.38. The lowest BCUT2D eigenvalue weighted by atomic mass is 9.86. The molecule has 0 saturated heterocycles. The van der Waals surface area contributed by atoms with Gasteiger partial charge >= 0.3 is 0 Å². The molecule has 110 valence electrons. The molecule has 0 bridgehead atoms. The van der Waals surface area contributed by atoms with Gasteiger partial charge in [-0.05, 0) is 19.0 Å². The Kier molecular flexibility index (Phi) is 5.30. The quantitative estimate of drug-likeness (QED) is 0.759. The van der Waals surface area contributed by atoms with Gasteiger partial charge in [0.05, 0.1) is 6.20 Å². The Bertz CT molecular complexity index is 579. The van der Waals surface area contributed by atoms with Crippen molar-refractivity contribution >= 4 is 17.7 Å². The number of amides is 1. The Hall–Kier alpha value is -1.92. The fraction of sp³-hybridized carbons (Fsp3) is 0.267. The molecular weight excluding hydrogens is 284 g/mol. The van der Waals surface area contributed by atoms with Gasteiger partial charge < -0.3 is 11.1 Å². The summed E-state index contributed by atoms with van der Waals surface area (Å²) < 4.78 is 0. The van der Waals surface area contributed by atoms with Crippen molar-refractivity contribution < 1.29 is 4.79 Å². The molecular formula is C15H18N4OS. The first-order valence-electron chi connectivity index (χ1n) is 6.62. The third kappa shape index (κ3) is 3.59. The van der Waals surface area contributed by atoms with Gasteiger partial charge in [0, 0.05) is 18.1 Å². The first-order valence-corrected chi connectivity index (χ1v) is 7.61. The number of hydrogen-bond donors (Lipinski definition) is 2. The molecule has 1 atom stereocenters. The minimum Gasteiger partial charge on any atom is -0.368 e. The van der Waals surface area contributed by atoms with Gasteiger partial charge in [0.25, 0.3) is 0 Å². The van der Waals surface area contributed by atoms with Crippen molar-refractivity contribution in [3.8, 4) is 0 Å². The molecule has 2 aromatic rings. The highest BCUT2D eigenvalue weighted by molar-refractivity contribution is 7.99. The Labute approximate surface area is 128 Å². The highest BCUT2D eigenvalue weighted by atomic mass is 32.2. The number of benzene rings is 1. The largest absolute Gasteiger partial charge is 0.368 e. The Morgan fingerprint density at radius 3 is 2.67 bits per heavy atom. The van der Waals surface area contributed by atoms with Gasteiger partial charge in [-0.15, -0.1) is 11.8 Å². The highest BCUT2D eigenvalue weighted by Gasteiger charge is 2.36. The molecule has 3 N–H and O–H groups in total. The molecule has 1 amide bonds. The highest BCUT2D eigenvalue weighted by Crippen LogP contribution is 2.28. The number of carbonyl (C=O) groups is 1. The molecule has 2 rings (SSSR count). The molecule has 1 unspecified atom stereocenters. The summed E-state index contributed by atoms with van der Waals surface area (Å²) in [6.07, 6.45) is 5.57. The van der Waals surface area contributed by atoms with Crippen LogP contribution in [0.25, 0.3) is 0 Å². The summed E-state index contributed by atoms with van der Waals surface area (Å²) in [5, 5.41) is 3.93. The normalized spacial score (nSPS) is 13.6. The van der Waals surface area contributed by atoms with Crippen molar-refractivity contribution in [2.75, 3.05) is 12.8 Å². The number of nitrogens with two attached hydrogens (primary N) is 1. The average Bonchev–Trinajstić information content (AvgIpc) is 2.53. The summed E-state index contributed by atoms with van der Waals surface area (Å²) in [6.45, 7) is 0. The molecule has 0 aliphatic rings. The predicted octanol–water partition coefficient (Wildman–Crippen LogP) is 1.56. The van der Waals surface area contributed by atoms with Gasteiger partial charge in [-0.2, -0.15) is 0 Å². The van der Waals surface area contributed by atoms with E-state index in [4.69, 9.17) is 5.73 Å². The zero-order chi connectivity index (χ0) is 15.1. The first kappa shape index (κ1) is 15.5. The van der Waals surface area contributed by atoms with Crippen LogP contribution in [-0.4, -0.2) is 28.7 Å². The monoisotopic (exact) mass is 302 g/mol. The van der Waals surface area contributed by atoms with Crippen LogP contribution in [0.4, 0.5) is 0 Å². The second kappa shape index (κ2) is 7.19.